The Bertz CT molecular complexity index is 1360. The van der Waals surface area contributed by atoms with Gasteiger partial charge >= 0.3 is 0 Å². The van der Waals surface area contributed by atoms with Crippen LogP contribution in [0.15, 0.2) is 53.6 Å². The Morgan fingerprint density at radius 3 is 2.58 bits per heavy atom. The lowest BCUT2D eigenvalue weighted by Gasteiger charge is -2.35. The van der Waals surface area contributed by atoms with E-state index < -0.39 is 0 Å². The third kappa shape index (κ3) is 4.11. The molecule has 0 aliphatic carbocycles. The molecule has 0 radical (unpaired) electrons. The number of aromatic amines is 2. The lowest BCUT2D eigenvalue weighted by atomic mass is 10.1. The van der Waals surface area contributed by atoms with Crippen LogP contribution >= 0.6 is 0 Å². The molecule has 5 rings (SSSR count). The van der Waals surface area contributed by atoms with Crippen LogP contribution in [0.4, 0.5) is 5.82 Å². The Morgan fingerprint density at radius 1 is 1.06 bits per heavy atom. The summed E-state index contributed by atoms with van der Waals surface area (Å²) in [6, 6.07) is 11.9. The monoisotopic (exact) mass is 442 g/mol. The quantitative estimate of drug-likeness (QED) is 0.507. The van der Waals surface area contributed by atoms with E-state index in [2.05, 4.69) is 24.8 Å². The molecular formula is C25H26N6O2. The average molecular weight is 443 g/mol. The van der Waals surface area contributed by atoms with Gasteiger partial charge in [0.2, 0.25) is 5.91 Å². The first-order chi connectivity index (χ1) is 16.0. The minimum atomic E-state index is -0.130. The molecule has 1 aliphatic rings. The molecule has 0 unspecified atom stereocenters. The number of carbonyl (C=O) groups is 1. The number of fused-ring (bicyclic) bond motifs is 1. The Hall–Kier alpha value is -3.94. The number of hydrogen-bond donors (Lipinski definition) is 2. The highest BCUT2D eigenvalue weighted by atomic mass is 16.2. The molecule has 1 aliphatic heterocycles. The van der Waals surface area contributed by atoms with Crippen LogP contribution in [0, 0.1) is 13.8 Å². The first-order valence-electron chi connectivity index (χ1n) is 11.1. The van der Waals surface area contributed by atoms with Crippen LogP contribution in [0.1, 0.15) is 16.8 Å². The number of hydrogen-bond acceptors (Lipinski definition) is 5. The fraction of sp³-hybridized carbons (Fsp3) is 0.280. The molecular weight excluding hydrogens is 416 g/mol. The van der Waals surface area contributed by atoms with Crippen molar-refractivity contribution in [2.24, 2.45) is 0 Å². The van der Waals surface area contributed by atoms with E-state index in [1.54, 1.807) is 13.1 Å². The summed E-state index contributed by atoms with van der Waals surface area (Å²) >= 11 is 0. The minimum absolute atomic E-state index is 0.130. The minimum Gasteiger partial charge on any atom is -0.361 e. The number of rotatable bonds is 4. The second-order valence-electron chi connectivity index (χ2n) is 8.43. The lowest BCUT2D eigenvalue weighted by Crippen LogP contribution is -2.49. The van der Waals surface area contributed by atoms with Gasteiger partial charge in [-0.2, -0.15) is 0 Å². The number of para-hydroxylation sites is 1. The van der Waals surface area contributed by atoms with Crippen molar-refractivity contribution in [3.63, 3.8) is 0 Å². The van der Waals surface area contributed by atoms with Gasteiger partial charge in [-0.15, -0.1) is 0 Å². The Labute approximate surface area is 191 Å². The van der Waals surface area contributed by atoms with Crippen LogP contribution in [0.3, 0.4) is 0 Å². The molecule has 1 saturated heterocycles. The molecule has 0 bridgehead atoms. The summed E-state index contributed by atoms with van der Waals surface area (Å²) in [6.07, 6.45) is 4.07. The van der Waals surface area contributed by atoms with Crippen molar-refractivity contribution >= 4 is 22.6 Å². The highest BCUT2D eigenvalue weighted by Crippen LogP contribution is 2.21. The SMILES string of the molecule is Cc1nc(-c2ccc(N3CCN(C(=O)Cc4c[nH]c5ccccc45)CC3)nc2)[nH]c(=O)c1C. The average Bonchev–Trinajstić information content (AvgIpc) is 3.25. The number of anilines is 1. The van der Waals surface area contributed by atoms with Gasteiger partial charge in [0.05, 0.1) is 6.42 Å². The van der Waals surface area contributed by atoms with Crippen molar-refractivity contribution in [2.45, 2.75) is 20.3 Å². The summed E-state index contributed by atoms with van der Waals surface area (Å²) in [4.78, 5) is 44.1. The van der Waals surface area contributed by atoms with Gasteiger partial charge in [-0.05, 0) is 37.6 Å². The highest BCUT2D eigenvalue weighted by Gasteiger charge is 2.23. The molecule has 4 aromatic rings. The largest absolute Gasteiger partial charge is 0.361 e. The molecule has 2 N–H and O–H groups in total. The second kappa shape index (κ2) is 8.54. The van der Waals surface area contributed by atoms with Crippen LogP contribution in [0.5, 0.6) is 0 Å². The highest BCUT2D eigenvalue weighted by molar-refractivity contribution is 5.89. The van der Waals surface area contributed by atoms with Crippen molar-refractivity contribution in [3.8, 4) is 11.4 Å². The molecule has 33 heavy (non-hydrogen) atoms. The van der Waals surface area contributed by atoms with Crippen LogP contribution in [0.25, 0.3) is 22.3 Å². The van der Waals surface area contributed by atoms with E-state index in [9.17, 15) is 9.59 Å². The number of aryl methyl sites for hydroxylation is 1. The first-order valence-corrected chi connectivity index (χ1v) is 11.1. The maximum atomic E-state index is 12.9. The summed E-state index contributed by atoms with van der Waals surface area (Å²) in [7, 11) is 0. The zero-order valence-electron chi connectivity index (χ0n) is 18.8. The van der Waals surface area contributed by atoms with E-state index in [4.69, 9.17) is 0 Å². The summed E-state index contributed by atoms with van der Waals surface area (Å²) in [5.41, 5.74) is 4.07. The van der Waals surface area contributed by atoms with Gasteiger partial charge in [0.15, 0.2) is 0 Å². The molecule has 0 atom stereocenters. The van der Waals surface area contributed by atoms with Crippen molar-refractivity contribution in [1.82, 2.24) is 24.8 Å². The zero-order valence-corrected chi connectivity index (χ0v) is 18.8. The van der Waals surface area contributed by atoms with Crippen molar-refractivity contribution in [3.05, 3.63) is 76.0 Å². The van der Waals surface area contributed by atoms with Crippen molar-refractivity contribution < 1.29 is 4.79 Å². The smallest absolute Gasteiger partial charge is 0.254 e. The molecule has 8 heteroatoms. The predicted molar refractivity (Wildman–Crippen MR) is 128 cm³/mol. The third-order valence-electron chi connectivity index (χ3n) is 6.39. The van der Waals surface area contributed by atoms with Crippen LogP contribution in [-0.2, 0) is 11.2 Å². The van der Waals surface area contributed by atoms with Gasteiger partial charge in [0.25, 0.3) is 5.56 Å². The second-order valence-corrected chi connectivity index (χ2v) is 8.43. The fourth-order valence-corrected chi connectivity index (χ4v) is 4.23. The normalized spacial score (nSPS) is 14.1. The summed E-state index contributed by atoms with van der Waals surface area (Å²) < 4.78 is 0. The number of H-pyrrole nitrogens is 2. The van der Waals surface area contributed by atoms with Crippen molar-refractivity contribution in [1.29, 1.82) is 0 Å². The molecule has 168 valence electrons. The van der Waals surface area contributed by atoms with Gasteiger partial charge in [-0.25, -0.2) is 9.97 Å². The van der Waals surface area contributed by atoms with Crippen LogP contribution < -0.4 is 10.5 Å². The number of aromatic nitrogens is 4. The summed E-state index contributed by atoms with van der Waals surface area (Å²) in [5.74, 6) is 1.52. The maximum Gasteiger partial charge on any atom is 0.254 e. The van der Waals surface area contributed by atoms with E-state index in [-0.39, 0.29) is 11.5 Å². The van der Waals surface area contributed by atoms with E-state index in [1.807, 2.05) is 54.4 Å². The predicted octanol–water partition coefficient (Wildman–Crippen LogP) is 2.82. The van der Waals surface area contributed by atoms with E-state index in [0.717, 1.165) is 40.9 Å². The molecule has 0 saturated carbocycles. The maximum absolute atomic E-state index is 12.9. The number of nitrogens with one attached hydrogen (secondary N) is 2. The van der Waals surface area contributed by atoms with Gasteiger partial charge in [-0.1, -0.05) is 18.2 Å². The molecule has 1 aromatic carbocycles. The first kappa shape index (κ1) is 20.9. The molecule has 1 amide bonds. The number of nitrogens with zero attached hydrogens (tertiary/aromatic N) is 4. The number of benzene rings is 1. The number of piperazine rings is 1. The van der Waals surface area contributed by atoms with E-state index in [1.165, 1.54) is 0 Å². The third-order valence-corrected chi connectivity index (χ3v) is 6.39. The molecule has 3 aromatic heterocycles. The van der Waals surface area contributed by atoms with Gasteiger partial charge in [-0.3, -0.25) is 9.59 Å². The fourth-order valence-electron chi connectivity index (χ4n) is 4.23. The van der Waals surface area contributed by atoms with Crippen LogP contribution in [-0.4, -0.2) is 56.9 Å². The summed E-state index contributed by atoms with van der Waals surface area (Å²) in [5, 5.41) is 1.10. The van der Waals surface area contributed by atoms with Gasteiger partial charge < -0.3 is 19.8 Å². The van der Waals surface area contributed by atoms with Gasteiger partial charge in [0, 0.05) is 66.3 Å². The van der Waals surface area contributed by atoms with Crippen LogP contribution in [0.2, 0.25) is 0 Å². The molecule has 4 heterocycles. The Morgan fingerprint density at radius 2 is 1.85 bits per heavy atom. The number of pyridine rings is 1. The number of carbonyl (C=O) groups excluding carboxylic acids is 1. The standard InChI is InChI=1S/C25H26N6O2/c1-16-17(2)28-24(29-25(16)33)18-7-8-22(27-14-18)30-9-11-31(12-10-30)23(32)13-19-15-26-21-6-4-3-5-20(19)21/h3-8,14-15,26H,9-13H2,1-2H3,(H,28,29,33). The Balaban J connectivity index is 1.22. The molecule has 0 spiro atoms. The topological polar surface area (TPSA) is 98.0 Å². The van der Waals surface area contributed by atoms with Crippen molar-refractivity contribution in [2.75, 3.05) is 31.1 Å². The van der Waals surface area contributed by atoms with E-state index in [0.29, 0.717) is 36.6 Å². The summed E-state index contributed by atoms with van der Waals surface area (Å²) in [6.45, 7) is 6.37. The Kier molecular flexibility index (Phi) is 5.42. The number of amides is 1. The zero-order chi connectivity index (χ0) is 22.9. The molecule has 1 fully saturated rings. The lowest BCUT2D eigenvalue weighted by molar-refractivity contribution is -0.130. The molecule has 8 nitrogen and oxygen atoms in total. The van der Waals surface area contributed by atoms with Gasteiger partial charge in [0.1, 0.15) is 11.6 Å². The van der Waals surface area contributed by atoms with E-state index >= 15 is 0 Å².